The van der Waals surface area contributed by atoms with Crippen molar-refractivity contribution in [3.05, 3.63) is 42.0 Å². The van der Waals surface area contributed by atoms with E-state index in [9.17, 15) is 0 Å². The van der Waals surface area contributed by atoms with Gasteiger partial charge in [-0.1, -0.05) is 69.4 Å². The molecule has 7 heteroatoms. The van der Waals surface area contributed by atoms with E-state index >= 15 is 0 Å². The van der Waals surface area contributed by atoms with Gasteiger partial charge >= 0.3 is 0 Å². The first-order chi connectivity index (χ1) is 18.1. The summed E-state index contributed by atoms with van der Waals surface area (Å²) in [6.45, 7) is 7.43. The molecular weight excluding hydrogens is 476 g/mol. The number of nitrogens with zero attached hydrogens (tertiary/aromatic N) is 4. The molecule has 1 aromatic carbocycles. The van der Waals surface area contributed by atoms with E-state index in [-0.39, 0.29) is 5.41 Å². The van der Waals surface area contributed by atoms with Crippen LogP contribution in [0.2, 0.25) is 0 Å². The van der Waals surface area contributed by atoms with Crippen LogP contribution in [0.3, 0.4) is 0 Å². The van der Waals surface area contributed by atoms with Gasteiger partial charge in [0.1, 0.15) is 11.6 Å². The average Bonchev–Trinajstić information content (AvgIpc) is 3.23. The van der Waals surface area contributed by atoms with Crippen molar-refractivity contribution in [2.45, 2.75) is 83.0 Å². The molecule has 2 aliphatic heterocycles. The number of hydrogen-bond donors (Lipinski definition) is 2. The van der Waals surface area contributed by atoms with Crippen LogP contribution in [-0.4, -0.2) is 47.8 Å². The summed E-state index contributed by atoms with van der Waals surface area (Å²) in [6, 6.07) is 13.2. The standard InChI is InChI=1S/C30H44N6S/c1-24-14-20-36(21-15-24)27-22-26(35-18-10-2-3-11-19-35)32-28(33-27)34-29(37)31-23-30(16-8-5-9-17-30)25-12-6-4-7-13-25/h4,6-7,12-13,22,24H,2-3,5,8-11,14-21,23H2,1H3,(H2,31,32,33,34,37). The maximum atomic E-state index is 5.81. The van der Waals surface area contributed by atoms with Crippen LogP contribution in [0.15, 0.2) is 36.4 Å². The molecule has 3 heterocycles. The Balaban J connectivity index is 1.32. The molecule has 1 aromatic heterocycles. The molecule has 0 unspecified atom stereocenters. The molecule has 2 aromatic rings. The molecule has 0 amide bonds. The molecule has 37 heavy (non-hydrogen) atoms. The quantitative estimate of drug-likeness (QED) is 0.435. The summed E-state index contributed by atoms with van der Waals surface area (Å²) >= 11 is 5.81. The molecule has 0 spiro atoms. The van der Waals surface area contributed by atoms with Crippen molar-refractivity contribution in [3.63, 3.8) is 0 Å². The van der Waals surface area contributed by atoms with Gasteiger partial charge in [0, 0.05) is 44.2 Å². The lowest BCUT2D eigenvalue weighted by Gasteiger charge is -2.38. The lowest BCUT2D eigenvalue weighted by atomic mass is 9.69. The number of thiocarbonyl (C=S) groups is 1. The van der Waals surface area contributed by atoms with Gasteiger partial charge in [-0.05, 0) is 62.2 Å². The Morgan fingerprint density at radius 2 is 1.46 bits per heavy atom. The number of piperidine rings is 1. The molecule has 3 aliphatic rings. The van der Waals surface area contributed by atoms with Gasteiger partial charge in [0.25, 0.3) is 0 Å². The molecule has 0 radical (unpaired) electrons. The van der Waals surface area contributed by atoms with Gasteiger partial charge in [0.15, 0.2) is 5.11 Å². The molecule has 0 atom stereocenters. The number of benzene rings is 1. The van der Waals surface area contributed by atoms with Crippen molar-refractivity contribution < 1.29 is 0 Å². The second kappa shape index (κ2) is 12.4. The molecular formula is C30H44N6S. The van der Waals surface area contributed by atoms with E-state index in [4.69, 9.17) is 22.2 Å². The predicted octanol–water partition coefficient (Wildman–Crippen LogP) is 6.28. The van der Waals surface area contributed by atoms with Crippen molar-refractivity contribution in [2.24, 2.45) is 5.92 Å². The Morgan fingerprint density at radius 3 is 2.11 bits per heavy atom. The fourth-order valence-electron chi connectivity index (χ4n) is 6.32. The van der Waals surface area contributed by atoms with Crippen molar-refractivity contribution >= 4 is 34.9 Å². The lowest BCUT2D eigenvalue weighted by Crippen LogP contribution is -2.43. The minimum Gasteiger partial charge on any atom is -0.361 e. The topological polar surface area (TPSA) is 56.3 Å². The Bertz CT molecular complexity index is 1010. The molecule has 1 saturated carbocycles. The Labute approximate surface area is 228 Å². The van der Waals surface area contributed by atoms with Crippen LogP contribution in [0.4, 0.5) is 17.6 Å². The molecule has 3 fully saturated rings. The third-order valence-corrected chi connectivity index (χ3v) is 8.99. The predicted molar refractivity (Wildman–Crippen MR) is 159 cm³/mol. The maximum Gasteiger partial charge on any atom is 0.232 e. The van der Waals surface area contributed by atoms with E-state index in [1.54, 1.807) is 0 Å². The first kappa shape index (κ1) is 26.2. The molecule has 1 aliphatic carbocycles. The van der Waals surface area contributed by atoms with Crippen molar-refractivity contribution in [2.75, 3.05) is 47.8 Å². The summed E-state index contributed by atoms with van der Waals surface area (Å²) in [4.78, 5) is 14.8. The summed E-state index contributed by atoms with van der Waals surface area (Å²) in [5.74, 6) is 3.46. The first-order valence-electron chi connectivity index (χ1n) is 14.6. The van der Waals surface area contributed by atoms with E-state index < -0.39 is 0 Å². The summed E-state index contributed by atoms with van der Waals surface area (Å²) in [6.07, 6.45) is 13.8. The van der Waals surface area contributed by atoms with Gasteiger partial charge in [-0.25, -0.2) is 0 Å². The highest BCUT2D eigenvalue weighted by Crippen LogP contribution is 2.39. The molecule has 6 nitrogen and oxygen atoms in total. The third-order valence-electron chi connectivity index (χ3n) is 8.75. The minimum atomic E-state index is 0.135. The third kappa shape index (κ3) is 6.73. The van der Waals surface area contributed by atoms with Crippen LogP contribution in [0.25, 0.3) is 0 Å². The Morgan fingerprint density at radius 1 is 0.865 bits per heavy atom. The molecule has 200 valence electrons. The zero-order valence-electron chi connectivity index (χ0n) is 22.6. The highest BCUT2D eigenvalue weighted by Gasteiger charge is 2.34. The molecule has 0 bridgehead atoms. The zero-order chi connectivity index (χ0) is 25.5. The number of rotatable bonds is 6. The van der Waals surface area contributed by atoms with Crippen LogP contribution in [0.5, 0.6) is 0 Å². The van der Waals surface area contributed by atoms with Gasteiger partial charge in [0.2, 0.25) is 5.95 Å². The second-order valence-corrected chi connectivity index (χ2v) is 11.9. The number of aromatic nitrogens is 2. The van der Waals surface area contributed by atoms with E-state index in [1.807, 2.05) is 0 Å². The SMILES string of the molecule is CC1CCN(c2cc(N3CCCCCC3)nc(NC(=S)NCC3(c4ccccc4)CCCCC3)n2)CC1. The minimum absolute atomic E-state index is 0.135. The fourth-order valence-corrected chi connectivity index (χ4v) is 6.49. The van der Waals surface area contributed by atoms with E-state index in [1.165, 1.54) is 76.2 Å². The first-order valence-corrected chi connectivity index (χ1v) is 15.0. The Kier molecular flexibility index (Phi) is 8.80. The average molecular weight is 521 g/mol. The Hall–Kier alpha value is -2.41. The van der Waals surface area contributed by atoms with Crippen LogP contribution in [-0.2, 0) is 5.41 Å². The van der Waals surface area contributed by atoms with Gasteiger partial charge in [-0.3, -0.25) is 0 Å². The van der Waals surface area contributed by atoms with Crippen LogP contribution in [0.1, 0.15) is 83.1 Å². The van der Waals surface area contributed by atoms with E-state index in [2.05, 4.69) is 63.8 Å². The smallest absolute Gasteiger partial charge is 0.232 e. The van der Waals surface area contributed by atoms with Crippen LogP contribution in [0, 0.1) is 5.92 Å². The maximum absolute atomic E-state index is 5.81. The number of hydrogen-bond acceptors (Lipinski definition) is 5. The van der Waals surface area contributed by atoms with Crippen LogP contribution >= 0.6 is 12.2 Å². The largest absolute Gasteiger partial charge is 0.361 e. The number of nitrogens with one attached hydrogen (secondary N) is 2. The lowest BCUT2D eigenvalue weighted by molar-refractivity contribution is 0.292. The molecule has 5 rings (SSSR count). The highest BCUT2D eigenvalue weighted by atomic mass is 32.1. The fraction of sp³-hybridized carbons (Fsp3) is 0.633. The van der Waals surface area contributed by atoms with Gasteiger partial charge in [0.05, 0.1) is 0 Å². The zero-order valence-corrected chi connectivity index (χ0v) is 23.4. The van der Waals surface area contributed by atoms with E-state index in [0.717, 1.165) is 50.3 Å². The van der Waals surface area contributed by atoms with Gasteiger partial charge < -0.3 is 20.4 Å². The summed E-state index contributed by atoms with van der Waals surface area (Å²) in [7, 11) is 0. The van der Waals surface area contributed by atoms with Crippen LogP contribution < -0.4 is 20.4 Å². The van der Waals surface area contributed by atoms with E-state index in [0.29, 0.717) is 11.1 Å². The van der Waals surface area contributed by atoms with Crippen molar-refractivity contribution in [3.8, 4) is 0 Å². The normalized spacial score (nSPS) is 20.8. The highest BCUT2D eigenvalue weighted by molar-refractivity contribution is 7.80. The van der Waals surface area contributed by atoms with Crippen molar-refractivity contribution in [1.82, 2.24) is 15.3 Å². The second-order valence-electron chi connectivity index (χ2n) is 11.5. The van der Waals surface area contributed by atoms with Crippen molar-refractivity contribution in [1.29, 1.82) is 0 Å². The van der Waals surface area contributed by atoms with Gasteiger partial charge in [-0.15, -0.1) is 0 Å². The number of anilines is 3. The molecule has 2 N–H and O–H groups in total. The summed E-state index contributed by atoms with van der Waals surface area (Å²) in [5, 5.41) is 7.56. The molecule has 2 saturated heterocycles. The summed E-state index contributed by atoms with van der Waals surface area (Å²) < 4.78 is 0. The monoisotopic (exact) mass is 520 g/mol. The summed E-state index contributed by atoms with van der Waals surface area (Å²) in [5.41, 5.74) is 1.56. The van der Waals surface area contributed by atoms with Gasteiger partial charge in [-0.2, -0.15) is 9.97 Å².